The number of rotatable bonds is 10. The van der Waals surface area contributed by atoms with E-state index in [-0.39, 0.29) is 37.2 Å². The number of esters is 1. The third-order valence-electron chi connectivity index (χ3n) is 9.85. The highest BCUT2D eigenvalue weighted by Gasteiger charge is 2.46. The van der Waals surface area contributed by atoms with Gasteiger partial charge in [0.25, 0.3) is 5.56 Å². The molecule has 6 N–H and O–H groups in total. The number of aromatic nitrogens is 2. The van der Waals surface area contributed by atoms with Crippen LogP contribution in [0.15, 0.2) is 16.9 Å². The molecule has 3 atom stereocenters. The highest BCUT2D eigenvalue weighted by molar-refractivity contribution is 5.95. The number of nitrogens with one attached hydrogen (secondary N) is 5. The number of fused-ring (bicyclic) bond motifs is 5. The molecule has 5 amide bonds. The van der Waals surface area contributed by atoms with E-state index in [1.54, 1.807) is 19.9 Å². The maximum absolute atomic E-state index is 15.2. The van der Waals surface area contributed by atoms with Gasteiger partial charge in [0.1, 0.15) is 18.5 Å². The summed E-state index contributed by atoms with van der Waals surface area (Å²) in [5.74, 6) is -4.18. The number of cyclic esters (lactones) is 1. The van der Waals surface area contributed by atoms with Gasteiger partial charge in [-0.15, -0.1) is 0 Å². The van der Waals surface area contributed by atoms with Crippen molar-refractivity contribution in [2.24, 2.45) is 0 Å². The number of benzene rings is 1. The standard InChI is InChI=1S/C35H38FN7O9/c1-5-35(51)21-8-25-31-19(13-43(25)33(49)20(21)14-52-34(35)50)30-23(7-6-18-15(2)22(36)9-24(42-31)29(18)30)41-28(47)12-38-26(45)10-39-32(48)16(3)40-27(46)11-37-17(4)44/h8-9,16,23,51H,5-7,10-14H2,1-4H3,(H,37,44)(H,38,45)(H,39,48)(H,40,46)(H,41,47)/t16-,23-,35-/m0/s1. The van der Waals surface area contributed by atoms with Gasteiger partial charge in [0, 0.05) is 29.5 Å². The maximum Gasteiger partial charge on any atom is 0.343 e. The fourth-order valence-corrected chi connectivity index (χ4v) is 7.07. The minimum Gasteiger partial charge on any atom is -0.458 e. The third kappa shape index (κ3) is 6.35. The van der Waals surface area contributed by atoms with Crippen molar-refractivity contribution in [3.63, 3.8) is 0 Å². The Morgan fingerprint density at radius 2 is 1.75 bits per heavy atom. The van der Waals surface area contributed by atoms with Gasteiger partial charge in [-0.1, -0.05) is 6.92 Å². The second-order valence-corrected chi connectivity index (χ2v) is 13.2. The summed E-state index contributed by atoms with van der Waals surface area (Å²) in [6.07, 6.45) is 0.763. The molecule has 6 rings (SSSR count). The molecule has 0 unspecified atom stereocenters. The van der Waals surface area contributed by atoms with Gasteiger partial charge in [-0.3, -0.25) is 28.8 Å². The molecule has 17 heteroatoms. The molecule has 0 spiro atoms. The van der Waals surface area contributed by atoms with Gasteiger partial charge < -0.3 is 41.0 Å². The first kappa shape index (κ1) is 36.1. The smallest absolute Gasteiger partial charge is 0.343 e. The zero-order chi connectivity index (χ0) is 37.6. The zero-order valence-corrected chi connectivity index (χ0v) is 29.0. The summed E-state index contributed by atoms with van der Waals surface area (Å²) in [6, 6.07) is 1.27. The summed E-state index contributed by atoms with van der Waals surface area (Å²) in [5, 5.41) is 24.4. The summed E-state index contributed by atoms with van der Waals surface area (Å²) in [4.78, 5) is 92.1. The lowest BCUT2D eigenvalue weighted by atomic mass is 9.81. The van der Waals surface area contributed by atoms with Crippen molar-refractivity contribution in [3.8, 4) is 11.4 Å². The number of nitrogens with zero attached hydrogens (tertiary/aromatic N) is 2. The number of pyridine rings is 2. The van der Waals surface area contributed by atoms with E-state index >= 15 is 4.39 Å². The predicted molar refractivity (Wildman–Crippen MR) is 181 cm³/mol. The molecule has 0 saturated heterocycles. The molecule has 1 aromatic carbocycles. The molecule has 3 aliphatic rings. The summed E-state index contributed by atoms with van der Waals surface area (Å²) >= 11 is 0. The van der Waals surface area contributed by atoms with Crippen LogP contribution in [0.4, 0.5) is 4.39 Å². The number of hydrogen-bond acceptors (Lipinski definition) is 10. The van der Waals surface area contributed by atoms with Crippen molar-refractivity contribution >= 4 is 46.4 Å². The third-order valence-corrected chi connectivity index (χ3v) is 9.85. The Bertz CT molecular complexity index is 2150. The number of ether oxygens (including phenoxy) is 1. The van der Waals surface area contributed by atoms with Gasteiger partial charge in [0.15, 0.2) is 5.60 Å². The van der Waals surface area contributed by atoms with Crippen molar-refractivity contribution in [3.05, 3.63) is 61.7 Å². The first-order valence-electron chi connectivity index (χ1n) is 16.8. The van der Waals surface area contributed by atoms with Gasteiger partial charge in [-0.2, -0.15) is 0 Å². The summed E-state index contributed by atoms with van der Waals surface area (Å²) in [5.41, 5.74) is 1.29. The molecule has 16 nitrogen and oxygen atoms in total. The average Bonchev–Trinajstić information content (AvgIpc) is 3.48. The molecule has 1 aliphatic carbocycles. The number of hydrogen-bond donors (Lipinski definition) is 6. The Morgan fingerprint density at radius 3 is 2.46 bits per heavy atom. The molecule has 274 valence electrons. The SMILES string of the molecule is CC[C@@]1(O)C(=O)OCc2c1cc1n(c2=O)Cc2c-1nc1cc(F)c(C)c3c1c2[C@@H](NC(=O)CNC(=O)CNC(=O)[C@H](C)NC(=O)CNC(C)=O)CC3. The van der Waals surface area contributed by atoms with Crippen molar-refractivity contribution < 1.29 is 43.0 Å². The second-order valence-electron chi connectivity index (χ2n) is 13.2. The van der Waals surface area contributed by atoms with E-state index in [9.17, 15) is 38.7 Å². The number of amides is 5. The van der Waals surface area contributed by atoms with Crippen LogP contribution >= 0.6 is 0 Å². The van der Waals surface area contributed by atoms with E-state index in [0.717, 1.165) is 5.56 Å². The number of halogens is 1. The molecule has 2 aromatic heterocycles. The number of aryl methyl sites for hydroxylation is 1. The van der Waals surface area contributed by atoms with Crippen LogP contribution in [0, 0.1) is 12.7 Å². The van der Waals surface area contributed by atoms with E-state index in [0.29, 0.717) is 51.8 Å². The summed E-state index contributed by atoms with van der Waals surface area (Å²) in [7, 11) is 0. The van der Waals surface area contributed by atoms with Crippen LogP contribution in [0.1, 0.15) is 73.0 Å². The van der Waals surface area contributed by atoms with Crippen LogP contribution in [-0.2, 0) is 58.7 Å². The van der Waals surface area contributed by atoms with Gasteiger partial charge in [-0.25, -0.2) is 14.2 Å². The molecule has 0 bridgehead atoms. The van der Waals surface area contributed by atoms with Crippen molar-refractivity contribution in [1.82, 2.24) is 36.1 Å². The molecule has 0 fully saturated rings. The van der Waals surface area contributed by atoms with Crippen molar-refractivity contribution in [2.45, 2.75) is 77.8 Å². The fourth-order valence-electron chi connectivity index (χ4n) is 7.07. The lowest BCUT2D eigenvalue weighted by Gasteiger charge is -2.31. The Balaban J connectivity index is 1.21. The predicted octanol–water partition coefficient (Wildman–Crippen LogP) is -0.496. The molecule has 3 aromatic rings. The Kier molecular flexibility index (Phi) is 9.57. The van der Waals surface area contributed by atoms with Crippen molar-refractivity contribution in [1.29, 1.82) is 0 Å². The molecule has 2 aliphatic heterocycles. The lowest BCUT2D eigenvalue weighted by molar-refractivity contribution is -0.172. The molecule has 0 radical (unpaired) electrons. The normalized spacial score (nSPS) is 18.7. The number of aliphatic hydroxyl groups is 1. The summed E-state index contributed by atoms with van der Waals surface area (Å²) in [6.45, 7) is 4.47. The van der Waals surface area contributed by atoms with Gasteiger partial charge in [0.05, 0.1) is 54.7 Å². The second kappa shape index (κ2) is 13.8. The molecule has 52 heavy (non-hydrogen) atoms. The Morgan fingerprint density at radius 1 is 1.04 bits per heavy atom. The van der Waals surface area contributed by atoms with Gasteiger partial charge >= 0.3 is 5.97 Å². The fraction of sp³-hybridized carbons (Fsp3) is 0.429. The number of carbonyl (C=O) groups excluding carboxylic acids is 6. The minimum absolute atomic E-state index is 0.0334. The van der Waals surface area contributed by atoms with Crippen LogP contribution in [0.25, 0.3) is 22.3 Å². The first-order chi connectivity index (χ1) is 24.6. The zero-order valence-electron chi connectivity index (χ0n) is 29.0. The van der Waals surface area contributed by atoms with E-state index < -0.39 is 77.7 Å². The molecular weight excluding hydrogens is 681 g/mol. The lowest BCUT2D eigenvalue weighted by Crippen LogP contribution is -2.50. The largest absolute Gasteiger partial charge is 0.458 e. The van der Waals surface area contributed by atoms with E-state index in [1.807, 2.05) is 0 Å². The Labute approximate surface area is 295 Å². The van der Waals surface area contributed by atoms with Crippen LogP contribution in [-0.4, -0.2) is 75.8 Å². The quantitative estimate of drug-likeness (QED) is 0.115. The average molecular weight is 720 g/mol. The minimum atomic E-state index is -2.03. The topological polar surface area (TPSA) is 227 Å². The van der Waals surface area contributed by atoms with E-state index in [4.69, 9.17) is 9.72 Å². The van der Waals surface area contributed by atoms with Crippen LogP contribution < -0.4 is 32.1 Å². The highest BCUT2D eigenvalue weighted by atomic mass is 19.1. The Hall–Kier alpha value is -5.71. The summed E-state index contributed by atoms with van der Waals surface area (Å²) < 4.78 is 21.8. The van der Waals surface area contributed by atoms with Gasteiger partial charge in [-0.05, 0) is 55.9 Å². The van der Waals surface area contributed by atoms with Crippen LogP contribution in [0.2, 0.25) is 0 Å². The van der Waals surface area contributed by atoms with Crippen LogP contribution in [0.5, 0.6) is 0 Å². The van der Waals surface area contributed by atoms with E-state index in [2.05, 4.69) is 26.6 Å². The van der Waals surface area contributed by atoms with Gasteiger partial charge in [0.2, 0.25) is 29.5 Å². The maximum atomic E-state index is 15.2. The van der Waals surface area contributed by atoms with Crippen LogP contribution in [0.3, 0.4) is 0 Å². The molecule has 4 heterocycles. The molecular formula is C35H38FN7O9. The monoisotopic (exact) mass is 719 g/mol. The van der Waals surface area contributed by atoms with Crippen molar-refractivity contribution in [2.75, 3.05) is 19.6 Å². The highest BCUT2D eigenvalue weighted by Crippen LogP contribution is 2.45. The van der Waals surface area contributed by atoms with E-state index in [1.165, 1.54) is 24.5 Å². The molecule has 0 saturated carbocycles. The first-order valence-corrected chi connectivity index (χ1v) is 16.8. The number of carbonyl (C=O) groups is 6.